The number of nitrogens with one attached hydrogen (secondary N) is 1. The molecule has 2 aromatic heterocycles. The zero-order valence-corrected chi connectivity index (χ0v) is 21.9. The first-order valence-corrected chi connectivity index (χ1v) is 13.1. The smallest absolute Gasteiger partial charge is 0.308 e. The van der Waals surface area contributed by atoms with Crippen molar-refractivity contribution in [2.75, 3.05) is 5.32 Å². The molecule has 0 unspecified atom stereocenters. The number of fused-ring (bicyclic) bond motifs is 3. The van der Waals surface area contributed by atoms with E-state index in [1.54, 1.807) is 0 Å². The lowest BCUT2D eigenvalue weighted by Crippen LogP contribution is -2.38. The Bertz CT molecular complexity index is 1570. The minimum absolute atomic E-state index is 0.151. The predicted octanol–water partition coefficient (Wildman–Crippen LogP) is 7.23. The van der Waals surface area contributed by atoms with Crippen molar-refractivity contribution in [3.63, 3.8) is 0 Å². The third-order valence-corrected chi connectivity index (χ3v) is 7.29. The van der Waals surface area contributed by atoms with E-state index in [1.807, 2.05) is 71.1 Å². The molecule has 0 fully saturated rings. The molecule has 0 saturated heterocycles. The second-order valence-corrected chi connectivity index (χ2v) is 10.1. The standard InChI is InChI=1S/C32H31N5O/c1-22(2)24-16-18-25(19-17-24)30-29-15-10-20-35(29)31-28(23(3)34-37(31)27-13-8-5-9-14-27)21-36(30)32(38)33-26-11-6-4-7-12-26/h4-20,22,30H,21H2,1-3H3,(H,33,38)/t30-/m1/s1. The van der Waals surface area contributed by atoms with Crippen LogP contribution < -0.4 is 5.32 Å². The Balaban J connectivity index is 1.53. The van der Waals surface area contributed by atoms with E-state index in [4.69, 9.17) is 5.10 Å². The van der Waals surface area contributed by atoms with Crippen LogP contribution in [0.15, 0.2) is 103 Å². The van der Waals surface area contributed by atoms with Crippen LogP contribution in [0.3, 0.4) is 0 Å². The van der Waals surface area contributed by atoms with E-state index in [0.29, 0.717) is 12.5 Å². The quantitative estimate of drug-likeness (QED) is 0.282. The van der Waals surface area contributed by atoms with Crippen molar-refractivity contribution in [3.05, 3.63) is 131 Å². The van der Waals surface area contributed by atoms with E-state index in [9.17, 15) is 4.79 Å². The second-order valence-electron chi connectivity index (χ2n) is 10.1. The maximum absolute atomic E-state index is 14.0. The highest BCUT2D eigenvalue weighted by atomic mass is 16.2. The Morgan fingerprint density at radius 3 is 2.26 bits per heavy atom. The van der Waals surface area contributed by atoms with E-state index in [0.717, 1.165) is 39.7 Å². The van der Waals surface area contributed by atoms with Crippen LogP contribution in [0.25, 0.3) is 11.5 Å². The third-order valence-electron chi connectivity index (χ3n) is 7.29. The zero-order chi connectivity index (χ0) is 26.2. The summed E-state index contributed by atoms with van der Waals surface area (Å²) in [7, 11) is 0. The van der Waals surface area contributed by atoms with Gasteiger partial charge in [0.25, 0.3) is 0 Å². The minimum Gasteiger partial charge on any atom is -0.308 e. The van der Waals surface area contributed by atoms with Crippen LogP contribution in [0.5, 0.6) is 0 Å². The molecule has 3 heterocycles. The number of urea groups is 1. The molecule has 0 radical (unpaired) electrons. The highest BCUT2D eigenvalue weighted by Crippen LogP contribution is 2.39. The largest absolute Gasteiger partial charge is 0.322 e. The van der Waals surface area contributed by atoms with Crippen molar-refractivity contribution in [1.29, 1.82) is 0 Å². The van der Waals surface area contributed by atoms with Crippen molar-refractivity contribution in [3.8, 4) is 11.5 Å². The summed E-state index contributed by atoms with van der Waals surface area (Å²) in [5.41, 5.74) is 7.03. The van der Waals surface area contributed by atoms with Crippen molar-refractivity contribution < 1.29 is 4.79 Å². The number of carbonyl (C=O) groups excluding carboxylic acids is 1. The lowest BCUT2D eigenvalue weighted by atomic mass is 9.97. The first-order chi connectivity index (χ1) is 18.5. The molecule has 3 aromatic carbocycles. The Labute approximate surface area is 223 Å². The molecular formula is C32H31N5O. The number of para-hydroxylation sites is 2. The van der Waals surface area contributed by atoms with Crippen LogP contribution in [-0.2, 0) is 6.54 Å². The monoisotopic (exact) mass is 501 g/mol. The van der Waals surface area contributed by atoms with Gasteiger partial charge in [-0.15, -0.1) is 0 Å². The van der Waals surface area contributed by atoms with Gasteiger partial charge in [0.2, 0.25) is 0 Å². The van der Waals surface area contributed by atoms with Crippen molar-refractivity contribution >= 4 is 11.7 Å². The highest BCUT2D eigenvalue weighted by Gasteiger charge is 2.36. The topological polar surface area (TPSA) is 55.1 Å². The maximum atomic E-state index is 14.0. The molecule has 190 valence electrons. The second kappa shape index (κ2) is 9.71. The molecule has 1 aliphatic heterocycles. The molecule has 38 heavy (non-hydrogen) atoms. The number of amides is 2. The van der Waals surface area contributed by atoms with Gasteiger partial charge >= 0.3 is 6.03 Å². The Kier molecular flexibility index (Phi) is 6.08. The molecule has 6 heteroatoms. The molecule has 0 bridgehead atoms. The normalized spacial score (nSPS) is 14.6. The number of aromatic nitrogens is 3. The summed E-state index contributed by atoms with van der Waals surface area (Å²) in [4.78, 5) is 15.9. The van der Waals surface area contributed by atoms with Gasteiger partial charge < -0.3 is 14.8 Å². The van der Waals surface area contributed by atoms with Crippen LogP contribution in [0.1, 0.15) is 53.9 Å². The molecule has 0 aliphatic carbocycles. The van der Waals surface area contributed by atoms with Crippen molar-refractivity contribution in [2.45, 2.75) is 39.3 Å². The molecule has 1 N–H and O–H groups in total. The summed E-state index contributed by atoms with van der Waals surface area (Å²) in [5.74, 6) is 1.40. The van der Waals surface area contributed by atoms with Gasteiger partial charge in [0.05, 0.1) is 29.7 Å². The van der Waals surface area contributed by atoms with Crippen LogP contribution in [0, 0.1) is 6.92 Å². The SMILES string of the molecule is Cc1nn(-c2ccccc2)c2c1CN(C(=O)Nc1ccccc1)[C@H](c1ccc(C(C)C)cc1)c1cccn1-2. The summed E-state index contributed by atoms with van der Waals surface area (Å²) in [6.45, 7) is 6.83. The van der Waals surface area contributed by atoms with E-state index < -0.39 is 0 Å². The molecule has 2 amide bonds. The predicted molar refractivity (Wildman–Crippen MR) is 151 cm³/mol. The van der Waals surface area contributed by atoms with Gasteiger partial charge in [-0.1, -0.05) is 74.5 Å². The Hall–Kier alpha value is -4.58. The van der Waals surface area contributed by atoms with Crippen LogP contribution in [0.4, 0.5) is 10.5 Å². The average molecular weight is 502 g/mol. The first-order valence-electron chi connectivity index (χ1n) is 13.1. The zero-order valence-electron chi connectivity index (χ0n) is 21.9. The average Bonchev–Trinajstić information content (AvgIpc) is 3.50. The number of nitrogens with zero attached hydrogens (tertiary/aromatic N) is 4. The fourth-order valence-electron chi connectivity index (χ4n) is 5.28. The number of rotatable bonds is 4. The van der Waals surface area contributed by atoms with E-state index in [-0.39, 0.29) is 12.1 Å². The van der Waals surface area contributed by atoms with Gasteiger partial charge in [0.1, 0.15) is 5.82 Å². The van der Waals surface area contributed by atoms with Crippen LogP contribution in [0.2, 0.25) is 0 Å². The van der Waals surface area contributed by atoms with Gasteiger partial charge in [0.15, 0.2) is 0 Å². The minimum atomic E-state index is -0.286. The van der Waals surface area contributed by atoms with Crippen LogP contribution in [-0.4, -0.2) is 25.3 Å². The van der Waals surface area contributed by atoms with Crippen molar-refractivity contribution in [1.82, 2.24) is 19.2 Å². The summed E-state index contributed by atoms with van der Waals surface area (Å²) in [6, 6.07) is 32.2. The van der Waals surface area contributed by atoms with E-state index >= 15 is 0 Å². The van der Waals surface area contributed by atoms with Gasteiger partial charge in [-0.05, 0) is 60.4 Å². The lowest BCUT2D eigenvalue weighted by Gasteiger charge is -2.31. The molecule has 0 spiro atoms. The number of carbonyl (C=O) groups is 1. The van der Waals surface area contributed by atoms with E-state index in [1.165, 1.54) is 5.56 Å². The fourth-order valence-corrected chi connectivity index (χ4v) is 5.28. The molecule has 5 aromatic rings. The molecule has 1 aliphatic rings. The van der Waals surface area contributed by atoms with Gasteiger partial charge in [0, 0.05) is 17.4 Å². The molecular weight excluding hydrogens is 470 g/mol. The van der Waals surface area contributed by atoms with Crippen LogP contribution >= 0.6 is 0 Å². The molecule has 6 nitrogen and oxygen atoms in total. The number of hydrogen-bond acceptors (Lipinski definition) is 2. The molecule has 1 atom stereocenters. The Morgan fingerprint density at radius 1 is 0.895 bits per heavy atom. The van der Waals surface area contributed by atoms with Gasteiger partial charge in [-0.3, -0.25) is 0 Å². The number of benzene rings is 3. The highest BCUT2D eigenvalue weighted by molar-refractivity contribution is 5.90. The van der Waals surface area contributed by atoms with Gasteiger partial charge in [-0.2, -0.15) is 5.10 Å². The fraction of sp³-hybridized carbons (Fsp3) is 0.188. The number of aryl methyl sites for hydroxylation is 1. The maximum Gasteiger partial charge on any atom is 0.322 e. The summed E-state index contributed by atoms with van der Waals surface area (Å²) < 4.78 is 4.19. The summed E-state index contributed by atoms with van der Waals surface area (Å²) in [6.07, 6.45) is 2.07. The van der Waals surface area contributed by atoms with Crippen molar-refractivity contribution in [2.24, 2.45) is 0 Å². The summed E-state index contributed by atoms with van der Waals surface area (Å²) in [5, 5.41) is 8.06. The molecule has 6 rings (SSSR count). The van der Waals surface area contributed by atoms with Gasteiger partial charge in [-0.25, -0.2) is 9.48 Å². The Morgan fingerprint density at radius 2 is 1.58 bits per heavy atom. The number of anilines is 1. The first kappa shape index (κ1) is 23.8. The third kappa shape index (κ3) is 4.18. The lowest BCUT2D eigenvalue weighted by molar-refractivity contribution is 0.194. The number of hydrogen-bond donors (Lipinski definition) is 1. The summed E-state index contributed by atoms with van der Waals surface area (Å²) >= 11 is 0. The van der Waals surface area contributed by atoms with E-state index in [2.05, 4.69) is 72.4 Å². The molecule has 0 saturated carbocycles.